The summed E-state index contributed by atoms with van der Waals surface area (Å²) in [4.78, 5) is 23.8. The van der Waals surface area contributed by atoms with Gasteiger partial charge in [0, 0.05) is 6.42 Å². The van der Waals surface area contributed by atoms with Gasteiger partial charge in [0.25, 0.3) is 0 Å². The van der Waals surface area contributed by atoms with Crippen LogP contribution in [-0.2, 0) is 14.3 Å². The molecule has 0 aromatic carbocycles. The Morgan fingerprint density at radius 2 is 1.95 bits per heavy atom. The van der Waals surface area contributed by atoms with E-state index in [0.717, 1.165) is 12.8 Å². The van der Waals surface area contributed by atoms with E-state index in [0.29, 0.717) is 18.8 Å². The van der Waals surface area contributed by atoms with Gasteiger partial charge in [0.2, 0.25) is 5.91 Å². The Balaban J connectivity index is 2.43. The van der Waals surface area contributed by atoms with E-state index in [9.17, 15) is 9.59 Å². The second kappa shape index (κ2) is 7.51. The van der Waals surface area contributed by atoms with Crippen LogP contribution in [0.25, 0.3) is 0 Å². The van der Waals surface area contributed by atoms with Crippen LogP contribution in [-0.4, -0.2) is 24.5 Å². The molecule has 4 nitrogen and oxygen atoms in total. The number of carbonyl (C=O) groups excluding carboxylic acids is 2. The van der Waals surface area contributed by atoms with Gasteiger partial charge in [-0.1, -0.05) is 39.0 Å². The van der Waals surface area contributed by atoms with Crippen LogP contribution in [0.5, 0.6) is 0 Å². The molecule has 4 heteroatoms. The van der Waals surface area contributed by atoms with Gasteiger partial charge < -0.3 is 10.1 Å². The molecule has 0 saturated heterocycles. The zero-order valence-electron chi connectivity index (χ0n) is 12.5. The molecular weight excluding hydrogens is 242 g/mol. The van der Waals surface area contributed by atoms with Gasteiger partial charge in [0.1, 0.15) is 5.54 Å². The molecule has 19 heavy (non-hydrogen) atoms. The number of hydrogen-bond acceptors (Lipinski definition) is 3. The number of methoxy groups -OCH3 is 1. The monoisotopic (exact) mass is 269 g/mol. The standard InChI is InChI=1S/C15H27NO3/c1-4-11-15(2,14(18)19-3)16-13(17)10-9-12-7-5-6-8-12/h12H,4-11H2,1-3H3,(H,16,17). The van der Waals surface area contributed by atoms with Crippen molar-refractivity contribution in [3.8, 4) is 0 Å². The summed E-state index contributed by atoms with van der Waals surface area (Å²) in [7, 11) is 1.36. The molecule has 0 aliphatic heterocycles. The first-order chi connectivity index (χ1) is 9.01. The fraction of sp³-hybridized carbons (Fsp3) is 0.867. The molecule has 0 radical (unpaired) electrons. The lowest BCUT2D eigenvalue weighted by atomic mass is 9.95. The molecule has 1 aliphatic carbocycles. The number of esters is 1. The zero-order chi connectivity index (χ0) is 14.3. The number of amides is 1. The highest BCUT2D eigenvalue weighted by Crippen LogP contribution is 2.28. The predicted octanol–water partition coefficient (Wildman–Crippen LogP) is 2.80. The molecule has 1 atom stereocenters. The molecule has 0 aromatic heterocycles. The summed E-state index contributed by atoms with van der Waals surface area (Å²) in [5, 5.41) is 2.86. The van der Waals surface area contributed by atoms with Crippen molar-refractivity contribution in [1.82, 2.24) is 5.32 Å². The molecule has 1 N–H and O–H groups in total. The normalized spacial score (nSPS) is 18.9. The highest BCUT2D eigenvalue weighted by molar-refractivity contribution is 5.87. The second-order valence-corrected chi connectivity index (χ2v) is 5.81. The second-order valence-electron chi connectivity index (χ2n) is 5.81. The van der Waals surface area contributed by atoms with Gasteiger partial charge in [0.05, 0.1) is 7.11 Å². The van der Waals surface area contributed by atoms with Gasteiger partial charge in [-0.3, -0.25) is 4.79 Å². The van der Waals surface area contributed by atoms with Crippen LogP contribution in [0.2, 0.25) is 0 Å². The molecule has 1 unspecified atom stereocenters. The molecule has 0 bridgehead atoms. The summed E-state index contributed by atoms with van der Waals surface area (Å²) < 4.78 is 4.79. The lowest BCUT2D eigenvalue weighted by Gasteiger charge is -2.27. The quantitative estimate of drug-likeness (QED) is 0.723. The van der Waals surface area contributed by atoms with E-state index in [4.69, 9.17) is 4.74 Å². The Kier molecular flexibility index (Phi) is 6.32. The number of rotatable bonds is 7. The van der Waals surface area contributed by atoms with Crippen molar-refractivity contribution in [3.63, 3.8) is 0 Å². The van der Waals surface area contributed by atoms with Gasteiger partial charge in [0.15, 0.2) is 0 Å². The smallest absolute Gasteiger partial charge is 0.331 e. The fourth-order valence-corrected chi connectivity index (χ4v) is 2.95. The van der Waals surface area contributed by atoms with Crippen LogP contribution in [0.15, 0.2) is 0 Å². The topological polar surface area (TPSA) is 55.4 Å². The van der Waals surface area contributed by atoms with Crippen LogP contribution in [0.1, 0.15) is 65.2 Å². The van der Waals surface area contributed by atoms with E-state index in [-0.39, 0.29) is 11.9 Å². The number of nitrogens with one attached hydrogen (secondary N) is 1. The SMILES string of the molecule is CCCC(C)(NC(=O)CCC1CCCC1)C(=O)OC. The minimum absolute atomic E-state index is 0.0340. The van der Waals surface area contributed by atoms with Crippen molar-refractivity contribution in [2.45, 2.75) is 70.8 Å². The maximum Gasteiger partial charge on any atom is 0.331 e. The summed E-state index contributed by atoms with van der Waals surface area (Å²) in [5.41, 5.74) is -0.879. The van der Waals surface area contributed by atoms with Gasteiger partial charge in [-0.25, -0.2) is 4.79 Å². The minimum Gasteiger partial charge on any atom is -0.467 e. The molecule has 1 amide bonds. The van der Waals surface area contributed by atoms with E-state index >= 15 is 0 Å². The Bertz CT molecular complexity index is 311. The lowest BCUT2D eigenvalue weighted by molar-refractivity contribution is -0.150. The Morgan fingerprint density at radius 3 is 2.47 bits per heavy atom. The van der Waals surface area contributed by atoms with Crippen LogP contribution < -0.4 is 5.32 Å². The molecule has 0 heterocycles. The molecule has 110 valence electrons. The first-order valence-electron chi connectivity index (χ1n) is 7.41. The number of ether oxygens (including phenoxy) is 1. The fourth-order valence-electron chi connectivity index (χ4n) is 2.95. The average Bonchev–Trinajstić information content (AvgIpc) is 2.88. The van der Waals surface area contributed by atoms with Crippen LogP contribution in [0, 0.1) is 5.92 Å². The lowest BCUT2D eigenvalue weighted by Crippen LogP contribution is -2.52. The Labute approximate surface area is 116 Å². The summed E-state index contributed by atoms with van der Waals surface area (Å²) in [5.74, 6) is 0.304. The molecular formula is C15H27NO3. The summed E-state index contributed by atoms with van der Waals surface area (Å²) in [6, 6.07) is 0. The van der Waals surface area contributed by atoms with E-state index < -0.39 is 5.54 Å². The highest BCUT2D eigenvalue weighted by Gasteiger charge is 2.35. The average molecular weight is 269 g/mol. The third kappa shape index (κ3) is 4.84. The van der Waals surface area contributed by atoms with Crippen molar-refractivity contribution in [2.24, 2.45) is 5.92 Å². The molecule has 1 saturated carbocycles. The van der Waals surface area contributed by atoms with Gasteiger partial charge in [-0.15, -0.1) is 0 Å². The van der Waals surface area contributed by atoms with Crippen LogP contribution in [0.4, 0.5) is 0 Å². The van der Waals surface area contributed by atoms with Crippen molar-refractivity contribution >= 4 is 11.9 Å². The van der Waals surface area contributed by atoms with Crippen LogP contribution >= 0.6 is 0 Å². The third-order valence-electron chi connectivity index (χ3n) is 4.06. The molecule has 1 rings (SSSR count). The Morgan fingerprint density at radius 1 is 1.32 bits per heavy atom. The zero-order valence-corrected chi connectivity index (χ0v) is 12.5. The number of hydrogen-bond donors (Lipinski definition) is 1. The van der Waals surface area contributed by atoms with Crippen molar-refractivity contribution in [2.75, 3.05) is 7.11 Å². The predicted molar refractivity (Wildman–Crippen MR) is 74.7 cm³/mol. The van der Waals surface area contributed by atoms with E-state index in [1.54, 1.807) is 6.92 Å². The first-order valence-corrected chi connectivity index (χ1v) is 7.41. The van der Waals surface area contributed by atoms with E-state index in [1.165, 1.54) is 32.8 Å². The van der Waals surface area contributed by atoms with Gasteiger partial charge in [-0.05, 0) is 25.7 Å². The van der Waals surface area contributed by atoms with E-state index in [1.807, 2.05) is 6.92 Å². The summed E-state index contributed by atoms with van der Waals surface area (Å²) in [6.45, 7) is 3.74. The maximum absolute atomic E-state index is 12.0. The highest BCUT2D eigenvalue weighted by atomic mass is 16.5. The maximum atomic E-state index is 12.0. The summed E-state index contributed by atoms with van der Waals surface area (Å²) in [6.07, 6.45) is 7.97. The summed E-state index contributed by atoms with van der Waals surface area (Å²) >= 11 is 0. The molecule has 1 fully saturated rings. The molecule has 0 aromatic rings. The van der Waals surface area contributed by atoms with Crippen molar-refractivity contribution < 1.29 is 14.3 Å². The molecule has 0 spiro atoms. The van der Waals surface area contributed by atoms with Gasteiger partial charge >= 0.3 is 5.97 Å². The molecule has 1 aliphatic rings. The van der Waals surface area contributed by atoms with Crippen molar-refractivity contribution in [1.29, 1.82) is 0 Å². The first kappa shape index (κ1) is 16.0. The van der Waals surface area contributed by atoms with Crippen molar-refractivity contribution in [3.05, 3.63) is 0 Å². The van der Waals surface area contributed by atoms with Crippen LogP contribution in [0.3, 0.4) is 0 Å². The largest absolute Gasteiger partial charge is 0.467 e. The number of carbonyl (C=O) groups is 2. The minimum atomic E-state index is -0.879. The third-order valence-corrected chi connectivity index (χ3v) is 4.06. The van der Waals surface area contributed by atoms with Gasteiger partial charge in [-0.2, -0.15) is 0 Å². The Hall–Kier alpha value is -1.06. The van der Waals surface area contributed by atoms with E-state index in [2.05, 4.69) is 5.32 Å².